The van der Waals surface area contributed by atoms with Crippen molar-refractivity contribution in [3.8, 4) is 17.2 Å². The molecule has 166 valence electrons. The fourth-order valence-electron chi connectivity index (χ4n) is 3.10. The third kappa shape index (κ3) is 4.50. The van der Waals surface area contributed by atoms with Crippen LogP contribution in [0.3, 0.4) is 0 Å². The van der Waals surface area contributed by atoms with E-state index in [0.29, 0.717) is 21.7 Å². The highest BCUT2D eigenvalue weighted by Gasteiger charge is 2.24. The summed E-state index contributed by atoms with van der Waals surface area (Å²) in [4.78, 5) is 8.46. The lowest BCUT2D eigenvalue weighted by Gasteiger charge is -2.15. The van der Waals surface area contributed by atoms with Gasteiger partial charge in [0.25, 0.3) is 6.43 Å². The number of rotatable bonds is 7. The Kier molecular flexibility index (Phi) is 6.24. The molecule has 0 aromatic carbocycles. The van der Waals surface area contributed by atoms with Gasteiger partial charge in [0.2, 0.25) is 0 Å². The molecule has 0 fully saturated rings. The number of nitrogens with zero attached hydrogens (tertiary/aromatic N) is 7. The minimum Gasteiger partial charge on any atom is -0.369 e. The van der Waals surface area contributed by atoms with Crippen molar-refractivity contribution in [2.24, 2.45) is 0 Å². The predicted octanol–water partition coefficient (Wildman–Crippen LogP) is 4.30. The molecule has 32 heavy (non-hydrogen) atoms. The quantitative estimate of drug-likeness (QED) is 0.361. The molecule has 4 aromatic heterocycles. The van der Waals surface area contributed by atoms with Gasteiger partial charge in [-0.2, -0.15) is 5.10 Å². The van der Waals surface area contributed by atoms with Crippen LogP contribution in [0.5, 0.6) is 0 Å². The van der Waals surface area contributed by atoms with Gasteiger partial charge in [0, 0.05) is 28.5 Å². The molecule has 0 aliphatic rings. The molecule has 1 atom stereocenters. The molecule has 2 N–H and O–H groups in total. The van der Waals surface area contributed by atoms with Crippen LogP contribution in [0.2, 0.25) is 0 Å². The zero-order valence-corrected chi connectivity index (χ0v) is 18.6. The first-order chi connectivity index (χ1) is 15.3. The van der Waals surface area contributed by atoms with E-state index in [-0.39, 0.29) is 17.4 Å². The van der Waals surface area contributed by atoms with E-state index >= 15 is 0 Å². The van der Waals surface area contributed by atoms with Gasteiger partial charge in [-0.3, -0.25) is 4.98 Å². The second-order valence-corrected chi connectivity index (χ2v) is 8.10. The topological polar surface area (TPSA) is 107 Å². The van der Waals surface area contributed by atoms with Gasteiger partial charge in [0.1, 0.15) is 23.5 Å². The number of halogens is 3. The molecule has 0 spiro atoms. The summed E-state index contributed by atoms with van der Waals surface area (Å²) in [5.41, 5.74) is 0.379. The van der Waals surface area contributed by atoms with Crippen LogP contribution < -0.4 is 5.32 Å². The van der Waals surface area contributed by atoms with Gasteiger partial charge < -0.3 is 15.0 Å². The monoisotopic (exact) mass is 504 g/mol. The van der Waals surface area contributed by atoms with Gasteiger partial charge in [0.05, 0.1) is 11.9 Å². The first-order valence-corrected chi connectivity index (χ1v) is 10.4. The van der Waals surface area contributed by atoms with Crippen molar-refractivity contribution in [3.63, 3.8) is 0 Å². The molecule has 0 saturated carbocycles. The summed E-state index contributed by atoms with van der Waals surface area (Å²) in [5, 5.41) is 25.4. The van der Waals surface area contributed by atoms with E-state index in [2.05, 4.69) is 46.5 Å². The molecule has 12 heteroatoms. The van der Waals surface area contributed by atoms with E-state index in [1.807, 2.05) is 18.4 Å². The Morgan fingerprint density at radius 2 is 2.00 bits per heavy atom. The van der Waals surface area contributed by atoms with Crippen LogP contribution in [-0.4, -0.2) is 39.6 Å². The second kappa shape index (κ2) is 9.09. The van der Waals surface area contributed by atoms with Crippen LogP contribution in [0.1, 0.15) is 43.8 Å². The highest BCUT2D eigenvalue weighted by atomic mass is 79.9. The number of aliphatic hydroxyl groups is 1. The molecule has 0 amide bonds. The van der Waals surface area contributed by atoms with Crippen LogP contribution in [-0.2, 0) is 0 Å². The molecule has 0 bridgehead atoms. The van der Waals surface area contributed by atoms with Crippen LogP contribution in [0.25, 0.3) is 17.2 Å². The third-order valence-corrected chi connectivity index (χ3v) is 5.05. The van der Waals surface area contributed by atoms with E-state index < -0.39 is 18.3 Å². The summed E-state index contributed by atoms with van der Waals surface area (Å²) in [6, 6.07) is 6.89. The number of hydrogen-bond donors (Lipinski definition) is 2. The average Bonchev–Trinajstić information content (AvgIpc) is 3.42. The first kappa shape index (κ1) is 22.0. The fourth-order valence-corrected chi connectivity index (χ4v) is 3.45. The van der Waals surface area contributed by atoms with E-state index in [0.717, 1.165) is 0 Å². The van der Waals surface area contributed by atoms with E-state index in [4.69, 9.17) is 0 Å². The summed E-state index contributed by atoms with van der Waals surface area (Å²) in [6.45, 7) is 3.98. The second-order valence-electron chi connectivity index (χ2n) is 7.19. The SMILES string of the molecule is CC(C)n1cnnc1-c1cccc(NC(O)c2cn(-c3cncc(Br)c3)nc2C(F)F)n1. The molecule has 1 unspecified atom stereocenters. The van der Waals surface area contributed by atoms with Crippen LogP contribution >= 0.6 is 15.9 Å². The lowest BCUT2D eigenvalue weighted by atomic mass is 10.2. The minimum absolute atomic E-state index is 0.0717. The van der Waals surface area contributed by atoms with E-state index in [1.54, 1.807) is 36.8 Å². The summed E-state index contributed by atoms with van der Waals surface area (Å²) in [6.07, 6.45) is 1.63. The van der Waals surface area contributed by atoms with Crippen molar-refractivity contribution in [2.75, 3.05) is 5.32 Å². The van der Waals surface area contributed by atoms with Gasteiger partial charge in [-0.1, -0.05) is 6.07 Å². The number of anilines is 1. The van der Waals surface area contributed by atoms with Crippen LogP contribution in [0.15, 0.2) is 53.7 Å². The summed E-state index contributed by atoms with van der Waals surface area (Å²) < 4.78 is 31.0. The lowest BCUT2D eigenvalue weighted by molar-refractivity contribution is 0.137. The number of nitrogens with one attached hydrogen (secondary N) is 1. The molecule has 0 aliphatic heterocycles. The van der Waals surface area contributed by atoms with Crippen molar-refractivity contribution >= 4 is 21.7 Å². The summed E-state index contributed by atoms with van der Waals surface area (Å²) >= 11 is 3.29. The maximum absolute atomic E-state index is 13.6. The van der Waals surface area contributed by atoms with Gasteiger partial charge in [-0.25, -0.2) is 18.4 Å². The highest BCUT2D eigenvalue weighted by Crippen LogP contribution is 2.29. The molecule has 4 heterocycles. The maximum atomic E-state index is 13.6. The normalized spacial score (nSPS) is 12.5. The Labute approximate surface area is 190 Å². The fraction of sp³-hybridized carbons (Fsp3) is 0.250. The Bertz CT molecular complexity index is 1230. The number of pyridine rings is 2. The van der Waals surface area contributed by atoms with Gasteiger partial charge in [-0.05, 0) is 48.0 Å². The first-order valence-electron chi connectivity index (χ1n) is 9.63. The largest absolute Gasteiger partial charge is 0.369 e. The molecule has 4 aromatic rings. The Morgan fingerprint density at radius 3 is 2.72 bits per heavy atom. The zero-order valence-electron chi connectivity index (χ0n) is 17.1. The average molecular weight is 505 g/mol. The summed E-state index contributed by atoms with van der Waals surface area (Å²) in [5.74, 6) is 0.840. The van der Waals surface area contributed by atoms with Crippen molar-refractivity contribution in [3.05, 3.63) is 64.9 Å². The molecule has 9 nitrogen and oxygen atoms in total. The van der Waals surface area contributed by atoms with Crippen molar-refractivity contribution in [1.29, 1.82) is 0 Å². The Morgan fingerprint density at radius 1 is 1.19 bits per heavy atom. The van der Waals surface area contributed by atoms with Crippen LogP contribution in [0.4, 0.5) is 14.6 Å². The highest BCUT2D eigenvalue weighted by molar-refractivity contribution is 9.10. The van der Waals surface area contributed by atoms with Gasteiger partial charge in [0.15, 0.2) is 12.1 Å². The number of alkyl halides is 2. The van der Waals surface area contributed by atoms with Crippen LogP contribution in [0, 0.1) is 0 Å². The van der Waals surface area contributed by atoms with Crippen molar-refractivity contribution in [1.82, 2.24) is 34.5 Å². The number of aromatic nitrogens is 7. The van der Waals surface area contributed by atoms with Gasteiger partial charge >= 0.3 is 0 Å². The standard InChI is InChI=1S/C20H19BrF2N8O/c1-11(2)30-10-25-28-19(30)15-4-3-5-16(26-15)27-20(32)14-9-31(29-17(14)18(22)23)13-6-12(21)7-24-8-13/h3-11,18,20,32H,1-2H3,(H,26,27). The van der Waals surface area contributed by atoms with E-state index in [9.17, 15) is 13.9 Å². The third-order valence-electron chi connectivity index (χ3n) is 4.62. The Hall–Kier alpha value is -3.25. The van der Waals surface area contributed by atoms with Crippen molar-refractivity contribution in [2.45, 2.75) is 32.5 Å². The Balaban J connectivity index is 1.63. The zero-order chi connectivity index (χ0) is 22.8. The summed E-state index contributed by atoms with van der Waals surface area (Å²) in [7, 11) is 0. The van der Waals surface area contributed by atoms with Crippen molar-refractivity contribution < 1.29 is 13.9 Å². The van der Waals surface area contributed by atoms with Gasteiger partial charge in [-0.15, -0.1) is 10.2 Å². The number of hydrogen-bond acceptors (Lipinski definition) is 7. The number of aliphatic hydroxyl groups excluding tert-OH is 1. The smallest absolute Gasteiger partial charge is 0.282 e. The molecule has 4 rings (SSSR count). The molecular formula is C20H19BrF2N8O. The molecule has 0 radical (unpaired) electrons. The molecule has 0 aliphatic carbocycles. The molecular weight excluding hydrogens is 486 g/mol. The van der Waals surface area contributed by atoms with E-state index in [1.165, 1.54) is 17.1 Å². The maximum Gasteiger partial charge on any atom is 0.282 e. The predicted molar refractivity (Wildman–Crippen MR) is 116 cm³/mol. The minimum atomic E-state index is -2.88. The lowest BCUT2D eigenvalue weighted by Crippen LogP contribution is -2.12. The molecule has 0 saturated heterocycles.